The van der Waals surface area contributed by atoms with Crippen molar-refractivity contribution in [3.63, 3.8) is 0 Å². The summed E-state index contributed by atoms with van der Waals surface area (Å²) in [7, 11) is 1.33. The molecule has 0 aliphatic carbocycles. The van der Waals surface area contributed by atoms with E-state index in [4.69, 9.17) is 13.9 Å². The molecule has 4 rings (SSSR count). The quantitative estimate of drug-likeness (QED) is 0.377. The zero-order valence-electron chi connectivity index (χ0n) is 19.3. The highest BCUT2D eigenvalue weighted by Gasteiger charge is 2.24. The fourth-order valence-corrected chi connectivity index (χ4v) is 5.22. The van der Waals surface area contributed by atoms with Crippen molar-refractivity contribution in [3.8, 4) is 21.9 Å². The summed E-state index contributed by atoms with van der Waals surface area (Å²) in [4.78, 5) is 45.1. The SMILES string of the molecule is COc1cc2c(=O)c(-c3sc(C(=O)CCCN4CCOCC4)nc3C)c(C)oc2c(C=O)c1O. The summed E-state index contributed by atoms with van der Waals surface area (Å²) >= 11 is 1.16. The maximum absolute atomic E-state index is 13.4. The summed E-state index contributed by atoms with van der Waals surface area (Å²) in [5, 5.41) is 10.7. The van der Waals surface area contributed by atoms with Crippen molar-refractivity contribution in [2.45, 2.75) is 26.7 Å². The number of ether oxygens (including phenoxy) is 2. The first-order chi connectivity index (χ1) is 16.3. The van der Waals surface area contributed by atoms with E-state index < -0.39 is 5.43 Å². The first kappa shape index (κ1) is 24.1. The molecule has 1 N–H and O–H groups in total. The number of phenols is 1. The minimum atomic E-state index is -0.391. The number of benzene rings is 1. The van der Waals surface area contributed by atoms with Crippen molar-refractivity contribution in [2.24, 2.45) is 0 Å². The van der Waals surface area contributed by atoms with Crippen molar-refractivity contribution in [1.29, 1.82) is 0 Å². The number of aromatic hydroxyl groups is 1. The molecular weight excluding hydrogens is 460 g/mol. The van der Waals surface area contributed by atoms with E-state index in [9.17, 15) is 19.5 Å². The second-order valence-electron chi connectivity index (χ2n) is 8.11. The number of hydrogen-bond donors (Lipinski definition) is 1. The van der Waals surface area contributed by atoms with Gasteiger partial charge in [-0.3, -0.25) is 19.3 Å². The third-order valence-corrected chi connectivity index (χ3v) is 7.13. The van der Waals surface area contributed by atoms with E-state index in [1.807, 2.05) is 0 Å². The van der Waals surface area contributed by atoms with Gasteiger partial charge in [0.2, 0.25) is 5.43 Å². The zero-order chi connectivity index (χ0) is 24.4. The lowest BCUT2D eigenvalue weighted by Crippen LogP contribution is -2.36. The monoisotopic (exact) mass is 486 g/mol. The van der Waals surface area contributed by atoms with Crippen LogP contribution in [0.4, 0.5) is 0 Å². The molecule has 1 aliphatic rings. The minimum absolute atomic E-state index is 0.00568. The Hall–Kier alpha value is -3.08. The van der Waals surface area contributed by atoms with Gasteiger partial charge in [0.05, 0.1) is 41.8 Å². The maximum Gasteiger partial charge on any atom is 0.201 e. The van der Waals surface area contributed by atoms with Gasteiger partial charge in [0, 0.05) is 19.5 Å². The van der Waals surface area contributed by atoms with Crippen LogP contribution in [0, 0.1) is 13.8 Å². The standard InChI is InChI=1S/C24H26N2O7S/c1-13-23(34-24(25-13)17(28)5-4-6-26-7-9-32-10-8-26)19-14(2)33-22-15(21(19)30)11-18(31-3)20(29)16(22)12-27/h11-12,29H,4-10H2,1-3H3. The van der Waals surface area contributed by atoms with Crippen LogP contribution in [-0.2, 0) is 4.74 Å². The summed E-state index contributed by atoms with van der Waals surface area (Å²) in [6, 6.07) is 1.35. The Kier molecular flexibility index (Phi) is 7.11. The number of thiazole rings is 1. The van der Waals surface area contributed by atoms with Gasteiger partial charge < -0.3 is 19.0 Å². The van der Waals surface area contributed by atoms with Gasteiger partial charge in [-0.05, 0) is 32.9 Å². The molecule has 3 aromatic rings. The second kappa shape index (κ2) is 10.0. The van der Waals surface area contributed by atoms with Gasteiger partial charge >= 0.3 is 0 Å². The van der Waals surface area contributed by atoms with Crippen LogP contribution >= 0.6 is 11.3 Å². The lowest BCUT2D eigenvalue weighted by atomic mass is 10.0. The fraction of sp³-hybridized carbons (Fsp3) is 0.417. The normalized spacial score (nSPS) is 14.4. The van der Waals surface area contributed by atoms with Crippen molar-refractivity contribution in [3.05, 3.63) is 38.3 Å². The van der Waals surface area contributed by atoms with E-state index in [0.29, 0.717) is 28.3 Å². The third-order valence-electron chi connectivity index (χ3n) is 5.91. The number of ketones is 1. The second-order valence-corrected chi connectivity index (χ2v) is 9.11. The van der Waals surface area contributed by atoms with E-state index in [2.05, 4.69) is 9.88 Å². The van der Waals surface area contributed by atoms with Crippen LogP contribution in [0.1, 0.15) is 44.5 Å². The molecule has 0 atom stereocenters. The Balaban J connectivity index is 1.65. The largest absolute Gasteiger partial charge is 0.504 e. The number of phenolic OH excluding ortho intramolecular Hbond substituents is 1. The summed E-state index contributed by atoms with van der Waals surface area (Å²) in [6.45, 7) is 7.36. The number of hydrogen-bond acceptors (Lipinski definition) is 10. The summed E-state index contributed by atoms with van der Waals surface area (Å²) in [5.74, 6) is -0.193. The number of fused-ring (bicyclic) bond motifs is 1. The lowest BCUT2D eigenvalue weighted by molar-refractivity contribution is 0.0371. The number of methoxy groups -OCH3 is 1. The van der Waals surface area contributed by atoms with Gasteiger partial charge in [-0.2, -0.15) is 0 Å². The average Bonchev–Trinajstić information content (AvgIpc) is 3.21. The Morgan fingerprint density at radius 3 is 2.74 bits per heavy atom. The number of carbonyl (C=O) groups is 2. The smallest absolute Gasteiger partial charge is 0.201 e. The van der Waals surface area contributed by atoms with Gasteiger partial charge in [0.15, 0.2) is 34.2 Å². The molecule has 0 bridgehead atoms. The predicted octanol–water partition coefficient (Wildman–Crippen LogP) is 3.36. The fourth-order valence-electron chi connectivity index (χ4n) is 4.10. The highest BCUT2D eigenvalue weighted by Crippen LogP contribution is 2.38. The number of carbonyl (C=O) groups excluding carboxylic acids is 2. The molecule has 0 spiro atoms. The van der Waals surface area contributed by atoms with E-state index in [0.717, 1.165) is 50.6 Å². The molecule has 34 heavy (non-hydrogen) atoms. The predicted molar refractivity (Wildman–Crippen MR) is 127 cm³/mol. The number of aldehydes is 1. The molecule has 1 saturated heterocycles. The third kappa shape index (κ3) is 4.48. The van der Waals surface area contributed by atoms with Gasteiger partial charge in [-0.15, -0.1) is 11.3 Å². The van der Waals surface area contributed by atoms with Crippen molar-refractivity contribution in [2.75, 3.05) is 40.0 Å². The van der Waals surface area contributed by atoms with Crippen LogP contribution < -0.4 is 10.2 Å². The highest BCUT2D eigenvalue weighted by molar-refractivity contribution is 7.17. The van der Waals surface area contributed by atoms with Crippen LogP contribution in [0.2, 0.25) is 0 Å². The first-order valence-corrected chi connectivity index (χ1v) is 11.8. The van der Waals surface area contributed by atoms with Gasteiger partial charge in [-0.25, -0.2) is 4.98 Å². The highest BCUT2D eigenvalue weighted by atomic mass is 32.1. The minimum Gasteiger partial charge on any atom is -0.504 e. The Morgan fingerprint density at radius 2 is 2.06 bits per heavy atom. The van der Waals surface area contributed by atoms with E-state index >= 15 is 0 Å². The van der Waals surface area contributed by atoms with E-state index in [-0.39, 0.29) is 45.1 Å². The van der Waals surface area contributed by atoms with Crippen LogP contribution in [-0.4, -0.2) is 67.0 Å². The molecule has 0 saturated carbocycles. The van der Waals surface area contributed by atoms with Gasteiger partial charge in [-0.1, -0.05) is 0 Å². The summed E-state index contributed by atoms with van der Waals surface area (Å²) in [6.07, 6.45) is 1.52. The molecule has 180 valence electrons. The van der Waals surface area contributed by atoms with Crippen molar-refractivity contribution < 1.29 is 28.6 Å². The first-order valence-electron chi connectivity index (χ1n) is 11.0. The Bertz CT molecular complexity index is 1310. The molecule has 0 radical (unpaired) electrons. The van der Waals surface area contributed by atoms with Crippen LogP contribution in [0.5, 0.6) is 11.5 Å². The van der Waals surface area contributed by atoms with Crippen molar-refractivity contribution >= 4 is 34.4 Å². The van der Waals surface area contributed by atoms with Crippen LogP contribution in [0.3, 0.4) is 0 Å². The number of aryl methyl sites for hydroxylation is 2. The molecule has 1 fully saturated rings. The molecule has 9 nitrogen and oxygen atoms in total. The molecule has 0 unspecified atom stereocenters. The van der Waals surface area contributed by atoms with Gasteiger partial charge in [0.25, 0.3) is 0 Å². The Morgan fingerprint density at radius 1 is 1.32 bits per heavy atom. The molecular formula is C24H26N2O7S. The van der Waals surface area contributed by atoms with Crippen LogP contribution in [0.25, 0.3) is 21.4 Å². The molecule has 10 heteroatoms. The van der Waals surface area contributed by atoms with E-state index in [1.165, 1.54) is 13.2 Å². The lowest BCUT2D eigenvalue weighted by Gasteiger charge is -2.26. The number of aromatic nitrogens is 1. The number of morpholine rings is 1. The summed E-state index contributed by atoms with van der Waals surface area (Å²) in [5.41, 5.74) is 0.273. The topological polar surface area (TPSA) is 119 Å². The number of Topliss-reactive ketones (excluding diaryl/α,β-unsaturated/α-hetero) is 1. The number of nitrogens with zero attached hydrogens (tertiary/aromatic N) is 2. The molecule has 3 heterocycles. The number of rotatable bonds is 8. The zero-order valence-corrected chi connectivity index (χ0v) is 20.1. The maximum atomic E-state index is 13.4. The van der Waals surface area contributed by atoms with Gasteiger partial charge in [0.1, 0.15) is 11.3 Å². The Labute approximate surface area is 199 Å². The molecule has 0 amide bonds. The van der Waals surface area contributed by atoms with Crippen molar-refractivity contribution in [1.82, 2.24) is 9.88 Å². The van der Waals surface area contributed by atoms with E-state index in [1.54, 1.807) is 13.8 Å². The molecule has 2 aromatic heterocycles. The summed E-state index contributed by atoms with van der Waals surface area (Å²) < 4.78 is 16.3. The molecule has 1 aliphatic heterocycles. The van der Waals surface area contributed by atoms with Crippen LogP contribution in [0.15, 0.2) is 15.3 Å². The molecule has 1 aromatic carbocycles. The average molecular weight is 487 g/mol.